The lowest BCUT2D eigenvalue weighted by Gasteiger charge is -2.16. The van der Waals surface area contributed by atoms with Crippen LogP contribution in [0.3, 0.4) is 0 Å². The predicted octanol–water partition coefficient (Wildman–Crippen LogP) is 1.82. The van der Waals surface area contributed by atoms with Crippen molar-refractivity contribution in [3.8, 4) is 0 Å². The molecule has 0 radical (unpaired) electrons. The number of carbonyl (C=O) groups excluding carboxylic acids is 1. The molecule has 0 aromatic heterocycles. The number of benzene rings is 1. The Morgan fingerprint density at radius 1 is 1.27 bits per heavy atom. The number of fused-ring (bicyclic) bond motifs is 1. The molecule has 15 heavy (non-hydrogen) atoms. The van der Waals surface area contributed by atoms with E-state index in [0.29, 0.717) is 12.1 Å². The van der Waals surface area contributed by atoms with Gasteiger partial charge in [0.2, 0.25) is 5.91 Å². The SMILES string of the molecule is Cl.Cl.NC(=O)C1=Cc2ccccc2NC1. The molecular weight excluding hydrogens is 235 g/mol. The summed E-state index contributed by atoms with van der Waals surface area (Å²) >= 11 is 0. The molecule has 1 aromatic rings. The highest BCUT2D eigenvalue weighted by atomic mass is 35.5. The van der Waals surface area contributed by atoms with Crippen molar-refractivity contribution in [1.82, 2.24) is 0 Å². The minimum absolute atomic E-state index is 0. The number of hydrogen-bond acceptors (Lipinski definition) is 2. The number of rotatable bonds is 1. The van der Waals surface area contributed by atoms with E-state index >= 15 is 0 Å². The number of para-hydroxylation sites is 1. The van der Waals surface area contributed by atoms with Crippen molar-refractivity contribution in [3.63, 3.8) is 0 Å². The van der Waals surface area contributed by atoms with Crippen LogP contribution in [0.1, 0.15) is 5.56 Å². The molecule has 82 valence electrons. The standard InChI is InChI=1S/C10H10N2O.2ClH/c11-10(13)8-5-7-3-1-2-4-9(7)12-6-8;;/h1-5,12H,6H2,(H2,11,13);2*1H. The van der Waals surface area contributed by atoms with Gasteiger partial charge in [-0.25, -0.2) is 0 Å². The Kier molecular flexibility index (Phi) is 5.19. The van der Waals surface area contributed by atoms with Gasteiger partial charge in [0.25, 0.3) is 0 Å². The van der Waals surface area contributed by atoms with Crippen molar-refractivity contribution in [3.05, 3.63) is 35.4 Å². The van der Waals surface area contributed by atoms with Gasteiger partial charge in [0, 0.05) is 17.8 Å². The van der Waals surface area contributed by atoms with Crippen LogP contribution in [0.4, 0.5) is 5.69 Å². The molecule has 1 heterocycles. The van der Waals surface area contributed by atoms with Gasteiger partial charge in [-0.2, -0.15) is 0 Å². The molecule has 0 saturated heterocycles. The van der Waals surface area contributed by atoms with Gasteiger partial charge in [-0.05, 0) is 17.7 Å². The summed E-state index contributed by atoms with van der Waals surface area (Å²) in [5.41, 5.74) is 7.87. The molecule has 1 amide bonds. The van der Waals surface area contributed by atoms with Crippen molar-refractivity contribution in [2.75, 3.05) is 11.9 Å². The van der Waals surface area contributed by atoms with Crippen LogP contribution in [0.5, 0.6) is 0 Å². The van der Waals surface area contributed by atoms with Crippen LogP contribution in [0.15, 0.2) is 29.8 Å². The number of hydrogen-bond donors (Lipinski definition) is 2. The van der Waals surface area contributed by atoms with E-state index in [1.807, 2.05) is 30.3 Å². The molecule has 1 aliphatic rings. The van der Waals surface area contributed by atoms with E-state index in [9.17, 15) is 4.79 Å². The number of nitrogens with two attached hydrogens (primary N) is 1. The summed E-state index contributed by atoms with van der Waals surface area (Å²) in [7, 11) is 0. The summed E-state index contributed by atoms with van der Waals surface area (Å²) in [6, 6.07) is 7.81. The molecule has 3 N–H and O–H groups in total. The van der Waals surface area contributed by atoms with Crippen LogP contribution in [-0.2, 0) is 4.79 Å². The Hall–Kier alpha value is -1.19. The molecule has 0 fully saturated rings. The predicted molar refractivity (Wildman–Crippen MR) is 66.6 cm³/mol. The van der Waals surface area contributed by atoms with Gasteiger partial charge in [-0.3, -0.25) is 4.79 Å². The first-order chi connectivity index (χ1) is 6.27. The molecular formula is C10H12Cl2N2O. The molecule has 5 heteroatoms. The fourth-order valence-corrected chi connectivity index (χ4v) is 1.37. The van der Waals surface area contributed by atoms with Crippen LogP contribution in [0.2, 0.25) is 0 Å². The van der Waals surface area contributed by atoms with Gasteiger partial charge in [0.15, 0.2) is 0 Å². The average Bonchev–Trinajstić information content (AvgIpc) is 2.17. The highest BCUT2D eigenvalue weighted by molar-refractivity contribution is 5.99. The summed E-state index contributed by atoms with van der Waals surface area (Å²) in [6.07, 6.45) is 1.83. The van der Waals surface area contributed by atoms with Gasteiger partial charge >= 0.3 is 0 Å². The van der Waals surface area contributed by atoms with Crippen LogP contribution in [0.25, 0.3) is 6.08 Å². The Balaban J connectivity index is 0.000000980. The van der Waals surface area contributed by atoms with Gasteiger partial charge in [-0.1, -0.05) is 18.2 Å². The minimum atomic E-state index is -0.359. The first-order valence-corrected chi connectivity index (χ1v) is 4.10. The first-order valence-electron chi connectivity index (χ1n) is 4.10. The van der Waals surface area contributed by atoms with Crippen LogP contribution < -0.4 is 11.1 Å². The highest BCUT2D eigenvalue weighted by Gasteiger charge is 2.11. The third-order valence-corrected chi connectivity index (χ3v) is 2.08. The zero-order valence-electron chi connectivity index (χ0n) is 7.90. The normalized spacial score (nSPS) is 12.1. The van der Waals surface area contributed by atoms with E-state index in [1.165, 1.54) is 0 Å². The van der Waals surface area contributed by atoms with E-state index in [2.05, 4.69) is 5.32 Å². The smallest absolute Gasteiger partial charge is 0.246 e. The first kappa shape index (κ1) is 13.8. The number of primary amides is 1. The molecule has 3 nitrogen and oxygen atoms in total. The van der Waals surface area contributed by atoms with Crippen molar-refractivity contribution in [2.45, 2.75) is 0 Å². The van der Waals surface area contributed by atoms with E-state index in [0.717, 1.165) is 11.3 Å². The maximum atomic E-state index is 10.9. The Morgan fingerprint density at radius 2 is 1.93 bits per heavy atom. The molecule has 0 spiro atoms. The summed E-state index contributed by atoms with van der Waals surface area (Å²) in [6.45, 7) is 0.520. The quantitative estimate of drug-likeness (QED) is 0.795. The van der Waals surface area contributed by atoms with Gasteiger partial charge in [0.05, 0.1) is 0 Å². The van der Waals surface area contributed by atoms with Crippen LogP contribution in [0, 0.1) is 0 Å². The molecule has 0 aliphatic carbocycles. The second-order valence-electron chi connectivity index (χ2n) is 2.97. The number of halogens is 2. The monoisotopic (exact) mass is 246 g/mol. The maximum absolute atomic E-state index is 10.9. The summed E-state index contributed by atoms with van der Waals surface area (Å²) in [5, 5.41) is 3.12. The average molecular weight is 247 g/mol. The number of anilines is 1. The van der Waals surface area contributed by atoms with E-state index in [4.69, 9.17) is 5.73 Å². The Morgan fingerprint density at radius 3 is 2.60 bits per heavy atom. The fraction of sp³-hybridized carbons (Fsp3) is 0.100. The summed E-state index contributed by atoms with van der Waals surface area (Å²) in [4.78, 5) is 10.9. The van der Waals surface area contributed by atoms with Crippen molar-refractivity contribution < 1.29 is 4.79 Å². The van der Waals surface area contributed by atoms with Crippen molar-refractivity contribution >= 4 is 42.5 Å². The molecule has 0 bridgehead atoms. The molecule has 0 unspecified atom stereocenters. The zero-order valence-corrected chi connectivity index (χ0v) is 9.53. The van der Waals surface area contributed by atoms with Gasteiger partial charge in [0.1, 0.15) is 0 Å². The topological polar surface area (TPSA) is 55.1 Å². The van der Waals surface area contributed by atoms with E-state index in [1.54, 1.807) is 0 Å². The Labute approximate surface area is 101 Å². The third-order valence-electron chi connectivity index (χ3n) is 2.08. The van der Waals surface area contributed by atoms with Gasteiger partial charge in [-0.15, -0.1) is 24.8 Å². The zero-order chi connectivity index (χ0) is 9.26. The molecule has 0 saturated carbocycles. The van der Waals surface area contributed by atoms with Crippen LogP contribution >= 0.6 is 24.8 Å². The molecule has 1 aliphatic heterocycles. The Bertz CT molecular complexity index is 391. The summed E-state index contributed by atoms with van der Waals surface area (Å²) in [5.74, 6) is -0.359. The maximum Gasteiger partial charge on any atom is 0.246 e. The van der Waals surface area contributed by atoms with Crippen molar-refractivity contribution in [1.29, 1.82) is 0 Å². The van der Waals surface area contributed by atoms with Crippen LogP contribution in [-0.4, -0.2) is 12.5 Å². The molecule has 0 atom stereocenters. The molecule has 2 rings (SSSR count). The fourth-order valence-electron chi connectivity index (χ4n) is 1.37. The second-order valence-corrected chi connectivity index (χ2v) is 2.97. The summed E-state index contributed by atoms with van der Waals surface area (Å²) < 4.78 is 0. The molecule has 1 aromatic carbocycles. The number of nitrogens with one attached hydrogen (secondary N) is 1. The lowest BCUT2D eigenvalue weighted by Crippen LogP contribution is -2.22. The van der Waals surface area contributed by atoms with Gasteiger partial charge < -0.3 is 11.1 Å². The minimum Gasteiger partial charge on any atom is -0.380 e. The number of carbonyl (C=O) groups is 1. The lowest BCUT2D eigenvalue weighted by atomic mass is 10.0. The lowest BCUT2D eigenvalue weighted by molar-refractivity contribution is -0.114. The second kappa shape index (κ2) is 5.63. The highest BCUT2D eigenvalue weighted by Crippen LogP contribution is 2.22. The van der Waals surface area contributed by atoms with E-state index < -0.39 is 0 Å². The van der Waals surface area contributed by atoms with E-state index in [-0.39, 0.29) is 30.7 Å². The largest absolute Gasteiger partial charge is 0.380 e. The van der Waals surface area contributed by atoms with Crippen molar-refractivity contribution in [2.24, 2.45) is 5.73 Å². The third kappa shape index (κ3) is 2.88. The number of amides is 1.